The Morgan fingerprint density at radius 1 is 1.40 bits per heavy atom. The largest absolute Gasteiger partial charge is 0.468 e. The fraction of sp³-hybridized carbons (Fsp3) is 0.273. The molecule has 0 saturated heterocycles. The quantitative estimate of drug-likeness (QED) is 0.573. The molecule has 0 aliphatic rings. The molecule has 0 spiro atoms. The summed E-state index contributed by atoms with van der Waals surface area (Å²) >= 11 is 5.23. The second kappa shape index (κ2) is 5.46. The average Bonchev–Trinajstić information content (AvgIpc) is 2.29. The van der Waals surface area contributed by atoms with Crippen molar-refractivity contribution in [2.75, 3.05) is 20.7 Å². The Labute approximate surface area is 94.6 Å². The summed E-state index contributed by atoms with van der Waals surface area (Å²) in [4.78, 5) is 13.4. The van der Waals surface area contributed by atoms with Crippen LogP contribution in [0.25, 0.3) is 0 Å². The lowest BCUT2D eigenvalue weighted by molar-refractivity contribution is -0.140. The Morgan fingerprint density at radius 3 is 2.53 bits per heavy atom. The first-order valence-corrected chi connectivity index (χ1v) is 4.93. The number of benzene rings is 1. The molecule has 0 N–H and O–H groups in total. The van der Waals surface area contributed by atoms with Gasteiger partial charge in [0.2, 0.25) is 0 Å². The molecule has 1 rings (SSSR count). The lowest BCUT2D eigenvalue weighted by Crippen LogP contribution is -2.31. The third kappa shape index (κ3) is 3.32. The number of hydrogen-bond acceptors (Lipinski definition) is 3. The highest BCUT2D eigenvalue weighted by Gasteiger charge is 2.10. The normalized spacial score (nSPS) is 9.47. The SMILES string of the molecule is COC(=O)CN(C)C(=S)c1ccccc1. The highest BCUT2D eigenvalue weighted by Crippen LogP contribution is 2.04. The number of likely N-dealkylation sites (N-methyl/N-ethyl adjacent to an activating group) is 1. The minimum atomic E-state index is -0.296. The molecule has 0 aliphatic heterocycles. The number of thiocarbonyl (C=S) groups is 1. The highest BCUT2D eigenvalue weighted by atomic mass is 32.1. The lowest BCUT2D eigenvalue weighted by atomic mass is 10.2. The monoisotopic (exact) mass is 223 g/mol. The third-order valence-corrected chi connectivity index (χ3v) is 2.51. The van der Waals surface area contributed by atoms with Crippen LogP contribution in [0.4, 0.5) is 0 Å². The Morgan fingerprint density at radius 2 is 2.00 bits per heavy atom. The zero-order chi connectivity index (χ0) is 11.3. The van der Waals surface area contributed by atoms with E-state index in [1.54, 1.807) is 11.9 Å². The number of esters is 1. The molecule has 0 aliphatic carbocycles. The summed E-state index contributed by atoms with van der Waals surface area (Å²) in [6.45, 7) is 0.171. The van der Waals surface area contributed by atoms with Crippen molar-refractivity contribution >= 4 is 23.2 Å². The van der Waals surface area contributed by atoms with Crippen molar-refractivity contribution in [1.82, 2.24) is 4.90 Å². The summed E-state index contributed by atoms with van der Waals surface area (Å²) in [6.07, 6.45) is 0. The predicted molar refractivity (Wildman–Crippen MR) is 62.8 cm³/mol. The molecule has 15 heavy (non-hydrogen) atoms. The number of nitrogens with zero attached hydrogens (tertiary/aromatic N) is 1. The summed E-state index contributed by atoms with van der Waals surface area (Å²) < 4.78 is 4.57. The third-order valence-electron chi connectivity index (χ3n) is 1.96. The van der Waals surface area contributed by atoms with Gasteiger partial charge in [0.15, 0.2) is 0 Å². The van der Waals surface area contributed by atoms with Gasteiger partial charge in [-0.15, -0.1) is 0 Å². The van der Waals surface area contributed by atoms with Gasteiger partial charge in [0, 0.05) is 12.6 Å². The Bertz CT molecular complexity index is 351. The van der Waals surface area contributed by atoms with Gasteiger partial charge in [-0.25, -0.2) is 0 Å². The van der Waals surface area contributed by atoms with Crippen LogP contribution < -0.4 is 0 Å². The second-order valence-corrected chi connectivity index (χ2v) is 3.49. The van der Waals surface area contributed by atoms with E-state index in [0.29, 0.717) is 4.99 Å². The van der Waals surface area contributed by atoms with E-state index in [1.807, 2.05) is 30.3 Å². The number of ether oxygens (including phenoxy) is 1. The maximum Gasteiger partial charge on any atom is 0.325 e. The maximum atomic E-state index is 11.0. The molecular weight excluding hydrogens is 210 g/mol. The van der Waals surface area contributed by atoms with Gasteiger partial charge in [0.1, 0.15) is 11.5 Å². The summed E-state index contributed by atoms with van der Waals surface area (Å²) in [5.41, 5.74) is 0.930. The molecule has 1 aromatic rings. The van der Waals surface area contributed by atoms with Crippen LogP contribution in [0.15, 0.2) is 30.3 Å². The fourth-order valence-corrected chi connectivity index (χ4v) is 1.33. The lowest BCUT2D eigenvalue weighted by Gasteiger charge is -2.18. The van der Waals surface area contributed by atoms with E-state index >= 15 is 0 Å². The fourth-order valence-electron chi connectivity index (χ4n) is 1.13. The van der Waals surface area contributed by atoms with Gasteiger partial charge in [-0.3, -0.25) is 4.79 Å². The van der Waals surface area contributed by atoms with Crippen molar-refractivity contribution < 1.29 is 9.53 Å². The van der Waals surface area contributed by atoms with E-state index in [4.69, 9.17) is 12.2 Å². The summed E-state index contributed by atoms with van der Waals surface area (Å²) in [6, 6.07) is 9.57. The number of carbonyl (C=O) groups excluding carboxylic acids is 1. The van der Waals surface area contributed by atoms with Crippen LogP contribution in [0.5, 0.6) is 0 Å². The van der Waals surface area contributed by atoms with Crippen molar-refractivity contribution in [3.63, 3.8) is 0 Å². The van der Waals surface area contributed by atoms with E-state index in [2.05, 4.69) is 4.74 Å². The second-order valence-electron chi connectivity index (χ2n) is 3.10. The number of rotatable bonds is 3. The summed E-state index contributed by atoms with van der Waals surface area (Å²) in [5.74, 6) is -0.296. The molecule has 3 nitrogen and oxygen atoms in total. The van der Waals surface area contributed by atoms with Gasteiger partial charge in [-0.2, -0.15) is 0 Å². The van der Waals surface area contributed by atoms with Gasteiger partial charge in [0.05, 0.1) is 7.11 Å². The number of hydrogen-bond donors (Lipinski definition) is 0. The van der Waals surface area contributed by atoms with E-state index in [9.17, 15) is 4.79 Å². The van der Waals surface area contributed by atoms with Crippen LogP contribution in [-0.4, -0.2) is 36.6 Å². The molecular formula is C11H13NO2S. The van der Waals surface area contributed by atoms with Crippen LogP contribution in [0, 0.1) is 0 Å². The molecule has 80 valence electrons. The standard InChI is InChI=1S/C11H13NO2S/c1-12(8-10(13)14-2)11(15)9-6-4-3-5-7-9/h3-7H,8H2,1-2H3. The van der Waals surface area contributed by atoms with Crippen molar-refractivity contribution in [3.05, 3.63) is 35.9 Å². The highest BCUT2D eigenvalue weighted by molar-refractivity contribution is 7.80. The van der Waals surface area contributed by atoms with Gasteiger partial charge in [-0.1, -0.05) is 42.5 Å². The van der Waals surface area contributed by atoms with Crippen molar-refractivity contribution in [1.29, 1.82) is 0 Å². The summed E-state index contributed by atoms with van der Waals surface area (Å²) in [5, 5.41) is 0. The molecule has 0 unspecified atom stereocenters. The molecule has 0 amide bonds. The van der Waals surface area contributed by atoms with Crippen molar-refractivity contribution in [3.8, 4) is 0 Å². The molecule has 0 saturated carbocycles. The topological polar surface area (TPSA) is 29.5 Å². The number of carbonyl (C=O) groups is 1. The number of methoxy groups -OCH3 is 1. The van der Waals surface area contributed by atoms with E-state index < -0.39 is 0 Å². The molecule has 0 fully saturated rings. The molecule has 0 bridgehead atoms. The molecule has 0 radical (unpaired) electrons. The van der Waals surface area contributed by atoms with Gasteiger partial charge in [0.25, 0.3) is 0 Å². The van der Waals surface area contributed by atoms with Crippen LogP contribution in [0.2, 0.25) is 0 Å². The van der Waals surface area contributed by atoms with Crippen LogP contribution in [0.1, 0.15) is 5.56 Å². The molecule has 0 atom stereocenters. The van der Waals surface area contributed by atoms with E-state index in [0.717, 1.165) is 5.56 Å². The Kier molecular flexibility index (Phi) is 4.24. The van der Waals surface area contributed by atoms with Crippen molar-refractivity contribution in [2.24, 2.45) is 0 Å². The van der Waals surface area contributed by atoms with Gasteiger partial charge in [-0.05, 0) is 0 Å². The predicted octanol–water partition coefficient (Wildman–Crippen LogP) is 1.47. The van der Waals surface area contributed by atoms with E-state index in [1.165, 1.54) is 7.11 Å². The average molecular weight is 223 g/mol. The molecule has 0 heterocycles. The maximum absolute atomic E-state index is 11.0. The summed E-state index contributed by atoms with van der Waals surface area (Å²) in [7, 11) is 3.13. The molecule has 1 aromatic carbocycles. The minimum Gasteiger partial charge on any atom is -0.468 e. The van der Waals surface area contributed by atoms with Crippen molar-refractivity contribution in [2.45, 2.75) is 0 Å². The minimum absolute atomic E-state index is 0.171. The van der Waals surface area contributed by atoms with E-state index in [-0.39, 0.29) is 12.5 Å². The van der Waals surface area contributed by atoms with Gasteiger partial charge < -0.3 is 9.64 Å². The molecule has 4 heteroatoms. The zero-order valence-corrected chi connectivity index (χ0v) is 9.58. The van der Waals surface area contributed by atoms with Crippen LogP contribution >= 0.6 is 12.2 Å². The first kappa shape index (κ1) is 11.7. The van der Waals surface area contributed by atoms with Crippen LogP contribution in [0.3, 0.4) is 0 Å². The smallest absolute Gasteiger partial charge is 0.325 e. The zero-order valence-electron chi connectivity index (χ0n) is 8.77. The Balaban J connectivity index is 2.65. The Hall–Kier alpha value is -1.42. The first-order chi connectivity index (χ1) is 7.15. The van der Waals surface area contributed by atoms with Crippen LogP contribution in [-0.2, 0) is 9.53 Å². The first-order valence-electron chi connectivity index (χ1n) is 4.52. The molecule has 0 aromatic heterocycles. The van der Waals surface area contributed by atoms with Gasteiger partial charge >= 0.3 is 5.97 Å².